The molecule has 1 aliphatic heterocycles. The number of nitrogens with one attached hydrogen (secondary N) is 1. The van der Waals surface area contributed by atoms with Crippen molar-refractivity contribution < 1.29 is 9.53 Å². The summed E-state index contributed by atoms with van der Waals surface area (Å²) < 4.78 is 5.35. The largest absolute Gasteiger partial charge is 0.368 e. The van der Waals surface area contributed by atoms with Gasteiger partial charge < -0.3 is 10.1 Å². The number of carbonyl (C=O) groups is 1. The quantitative estimate of drug-likeness (QED) is 0.914. The minimum Gasteiger partial charge on any atom is -0.368 e. The van der Waals surface area contributed by atoms with Gasteiger partial charge in [0.05, 0.1) is 5.52 Å². The van der Waals surface area contributed by atoms with Crippen molar-refractivity contribution in [3.05, 3.63) is 42.1 Å². The fourth-order valence-corrected chi connectivity index (χ4v) is 2.30. The van der Waals surface area contributed by atoms with Gasteiger partial charge in [0.15, 0.2) is 0 Å². The van der Waals surface area contributed by atoms with Gasteiger partial charge in [-0.15, -0.1) is 0 Å². The van der Waals surface area contributed by atoms with Crippen molar-refractivity contribution in [2.45, 2.75) is 25.5 Å². The lowest BCUT2D eigenvalue weighted by Crippen LogP contribution is -2.33. The molecule has 0 radical (unpaired) electrons. The zero-order valence-electron chi connectivity index (χ0n) is 10.6. The van der Waals surface area contributed by atoms with Crippen LogP contribution < -0.4 is 5.32 Å². The predicted molar refractivity (Wildman–Crippen MR) is 72.6 cm³/mol. The minimum atomic E-state index is -0.270. The molecule has 1 aromatic carbocycles. The maximum absolute atomic E-state index is 11.8. The third-order valence-corrected chi connectivity index (χ3v) is 3.34. The van der Waals surface area contributed by atoms with E-state index in [-0.39, 0.29) is 12.0 Å². The molecule has 1 fully saturated rings. The van der Waals surface area contributed by atoms with Gasteiger partial charge in [-0.3, -0.25) is 9.78 Å². The molecule has 1 aliphatic rings. The molecular formula is C15H16N2O2. The van der Waals surface area contributed by atoms with E-state index in [9.17, 15) is 4.79 Å². The normalized spacial score (nSPS) is 18.6. The second-order valence-corrected chi connectivity index (χ2v) is 4.76. The molecule has 1 unspecified atom stereocenters. The maximum Gasteiger partial charge on any atom is 0.249 e. The summed E-state index contributed by atoms with van der Waals surface area (Å²) in [6.45, 7) is 1.19. The van der Waals surface area contributed by atoms with Gasteiger partial charge in [0.2, 0.25) is 5.91 Å². The zero-order chi connectivity index (χ0) is 13.1. The summed E-state index contributed by atoms with van der Waals surface area (Å²) in [4.78, 5) is 16.2. The molecular weight excluding hydrogens is 240 g/mol. The molecule has 1 N–H and O–H groups in total. The predicted octanol–water partition coefficient (Wildman–Crippen LogP) is 2.03. The molecule has 19 heavy (non-hydrogen) atoms. The van der Waals surface area contributed by atoms with E-state index in [4.69, 9.17) is 4.74 Å². The van der Waals surface area contributed by atoms with Crippen LogP contribution in [0.5, 0.6) is 0 Å². The lowest BCUT2D eigenvalue weighted by Gasteiger charge is -2.10. The summed E-state index contributed by atoms with van der Waals surface area (Å²) in [5.41, 5.74) is 1.97. The molecule has 1 aromatic heterocycles. The topological polar surface area (TPSA) is 51.2 Å². The van der Waals surface area contributed by atoms with Gasteiger partial charge >= 0.3 is 0 Å². The van der Waals surface area contributed by atoms with Gasteiger partial charge in [-0.1, -0.05) is 18.2 Å². The summed E-state index contributed by atoms with van der Waals surface area (Å²) >= 11 is 0. The summed E-state index contributed by atoms with van der Waals surface area (Å²) in [6, 6.07) is 10.0. The summed E-state index contributed by atoms with van der Waals surface area (Å²) in [6.07, 6.45) is 3.32. The van der Waals surface area contributed by atoms with Crippen molar-refractivity contribution in [1.29, 1.82) is 0 Å². The van der Waals surface area contributed by atoms with Crippen LogP contribution in [0.1, 0.15) is 18.4 Å². The number of hydrogen-bond donors (Lipinski definition) is 1. The van der Waals surface area contributed by atoms with Gasteiger partial charge in [0, 0.05) is 24.7 Å². The Labute approximate surface area is 111 Å². The minimum absolute atomic E-state index is 0.0225. The van der Waals surface area contributed by atoms with Crippen molar-refractivity contribution in [3.63, 3.8) is 0 Å². The van der Waals surface area contributed by atoms with Crippen LogP contribution in [0.25, 0.3) is 10.9 Å². The number of para-hydroxylation sites is 1. The van der Waals surface area contributed by atoms with E-state index in [2.05, 4.69) is 16.4 Å². The molecule has 3 rings (SSSR count). The van der Waals surface area contributed by atoms with E-state index < -0.39 is 0 Å². The number of aromatic nitrogens is 1. The first kappa shape index (κ1) is 12.1. The third-order valence-electron chi connectivity index (χ3n) is 3.34. The highest BCUT2D eigenvalue weighted by Crippen LogP contribution is 2.14. The first-order valence-corrected chi connectivity index (χ1v) is 6.56. The average molecular weight is 256 g/mol. The number of pyridine rings is 1. The van der Waals surface area contributed by atoms with Crippen LogP contribution in [0.3, 0.4) is 0 Å². The second-order valence-electron chi connectivity index (χ2n) is 4.76. The van der Waals surface area contributed by atoms with E-state index in [1.54, 1.807) is 6.20 Å². The van der Waals surface area contributed by atoms with E-state index >= 15 is 0 Å². The number of benzene rings is 1. The van der Waals surface area contributed by atoms with Crippen LogP contribution in [-0.4, -0.2) is 23.6 Å². The van der Waals surface area contributed by atoms with E-state index in [1.165, 1.54) is 0 Å². The van der Waals surface area contributed by atoms with Gasteiger partial charge in [-0.2, -0.15) is 0 Å². The Morgan fingerprint density at radius 3 is 3.16 bits per heavy atom. The van der Waals surface area contributed by atoms with Crippen molar-refractivity contribution in [3.8, 4) is 0 Å². The Morgan fingerprint density at radius 2 is 2.32 bits per heavy atom. The average Bonchev–Trinajstić information content (AvgIpc) is 2.99. The first-order valence-electron chi connectivity index (χ1n) is 6.56. The van der Waals surface area contributed by atoms with E-state index in [0.29, 0.717) is 13.2 Å². The molecule has 0 bridgehead atoms. The van der Waals surface area contributed by atoms with Crippen LogP contribution in [0.4, 0.5) is 0 Å². The zero-order valence-corrected chi connectivity index (χ0v) is 10.6. The first-order chi connectivity index (χ1) is 9.33. The standard InChI is InChI=1S/C15H16N2O2/c18-15(14-6-3-7-19-14)17-10-11-8-12-4-1-2-5-13(12)16-9-11/h1-2,4-5,8-9,14H,3,6-7,10H2,(H,17,18). The van der Waals surface area contributed by atoms with Crippen molar-refractivity contribution in [1.82, 2.24) is 10.3 Å². The summed E-state index contributed by atoms with van der Waals surface area (Å²) in [5.74, 6) is -0.0225. The lowest BCUT2D eigenvalue weighted by molar-refractivity contribution is -0.130. The SMILES string of the molecule is O=C(NCc1cnc2ccccc2c1)C1CCCO1. The van der Waals surface area contributed by atoms with Gasteiger partial charge in [-0.25, -0.2) is 0 Å². The lowest BCUT2D eigenvalue weighted by atomic mass is 10.1. The van der Waals surface area contributed by atoms with Crippen molar-refractivity contribution >= 4 is 16.8 Å². The van der Waals surface area contributed by atoms with Crippen LogP contribution >= 0.6 is 0 Å². The number of amides is 1. The highest BCUT2D eigenvalue weighted by atomic mass is 16.5. The fraction of sp³-hybridized carbons (Fsp3) is 0.333. The number of rotatable bonds is 3. The Bertz CT molecular complexity index is 591. The molecule has 98 valence electrons. The van der Waals surface area contributed by atoms with Gasteiger partial charge in [-0.05, 0) is 30.5 Å². The molecule has 4 heteroatoms. The molecule has 0 spiro atoms. The van der Waals surface area contributed by atoms with Gasteiger partial charge in [0.1, 0.15) is 6.10 Å². The van der Waals surface area contributed by atoms with Crippen LogP contribution in [0.15, 0.2) is 36.5 Å². The Morgan fingerprint density at radius 1 is 1.42 bits per heavy atom. The Hall–Kier alpha value is -1.94. The molecule has 2 heterocycles. The Balaban J connectivity index is 1.66. The molecule has 2 aromatic rings. The highest BCUT2D eigenvalue weighted by Gasteiger charge is 2.22. The monoisotopic (exact) mass is 256 g/mol. The van der Waals surface area contributed by atoms with Crippen molar-refractivity contribution in [2.24, 2.45) is 0 Å². The van der Waals surface area contributed by atoms with Crippen LogP contribution in [0.2, 0.25) is 0 Å². The molecule has 4 nitrogen and oxygen atoms in total. The fourth-order valence-electron chi connectivity index (χ4n) is 2.30. The molecule has 0 saturated carbocycles. The number of fused-ring (bicyclic) bond motifs is 1. The number of hydrogen-bond acceptors (Lipinski definition) is 3. The van der Waals surface area contributed by atoms with E-state index in [1.807, 2.05) is 24.3 Å². The maximum atomic E-state index is 11.8. The van der Waals surface area contributed by atoms with Crippen LogP contribution in [0, 0.1) is 0 Å². The van der Waals surface area contributed by atoms with Gasteiger partial charge in [0.25, 0.3) is 0 Å². The second kappa shape index (κ2) is 5.36. The van der Waals surface area contributed by atoms with E-state index in [0.717, 1.165) is 29.3 Å². The Kier molecular flexibility index (Phi) is 3.42. The van der Waals surface area contributed by atoms with Crippen LogP contribution in [-0.2, 0) is 16.1 Å². The number of carbonyl (C=O) groups excluding carboxylic acids is 1. The summed E-state index contributed by atoms with van der Waals surface area (Å²) in [5, 5.41) is 3.99. The third kappa shape index (κ3) is 2.74. The molecule has 1 saturated heterocycles. The smallest absolute Gasteiger partial charge is 0.249 e. The molecule has 1 amide bonds. The molecule has 0 aliphatic carbocycles. The number of nitrogens with zero attached hydrogens (tertiary/aromatic N) is 1. The van der Waals surface area contributed by atoms with Crippen molar-refractivity contribution in [2.75, 3.05) is 6.61 Å². The summed E-state index contributed by atoms with van der Waals surface area (Å²) in [7, 11) is 0. The molecule has 1 atom stereocenters. The number of ether oxygens (including phenoxy) is 1. The highest BCUT2D eigenvalue weighted by molar-refractivity contribution is 5.81.